The lowest BCUT2D eigenvalue weighted by molar-refractivity contribution is -0.139. The lowest BCUT2D eigenvalue weighted by Gasteiger charge is -2.26. The quantitative estimate of drug-likeness (QED) is 0.770. The predicted octanol–water partition coefficient (Wildman–Crippen LogP) is 3.62. The fourth-order valence-corrected chi connectivity index (χ4v) is 2.50. The van der Waals surface area contributed by atoms with Crippen molar-refractivity contribution in [2.45, 2.75) is 25.4 Å². The molecule has 2 aromatic rings. The van der Waals surface area contributed by atoms with Gasteiger partial charge in [-0.1, -0.05) is 29.8 Å². The second-order valence-electron chi connectivity index (χ2n) is 6.22. The summed E-state index contributed by atoms with van der Waals surface area (Å²) in [4.78, 5) is 23.9. The number of carbonyl (C=O) groups is 2. The van der Waals surface area contributed by atoms with Gasteiger partial charge in [0.05, 0.1) is 5.92 Å². The molecule has 0 heterocycles. The zero-order chi connectivity index (χ0) is 19.3. The Hall–Kier alpha value is -2.60. The molecule has 2 N–H and O–H groups in total. The Labute approximate surface area is 155 Å². The number of hydrogen-bond donors (Lipinski definition) is 2. The number of rotatable bonds is 7. The molecule has 0 radical (unpaired) electrons. The Kier molecular flexibility index (Phi) is 6.21. The van der Waals surface area contributed by atoms with Crippen LogP contribution in [0.1, 0.15) is 25.3 Å². The van der Waals surface area contributed by atoms with Crippen molar-refractivity contribution in [1.29, 1.82) is 0 Å². The number of halogens is 2. The van der Waals surface area contributed by atoms with E-state index in [0.29, 0.717) is 16.3 Å². The van der Waals surface area contributed by atoms with Crippen molar-refractivity contribution in [2.75, 3.05) is 6.54 Å². The molecule has 0 aromatic heterocycles. The molecule has 0 aliphatic rings. The van der Waals surface area contributed by atoms with E-state index in [1.165, 1.54) is 24.3 Å². The highest BCUT2D eigenvalue weighted by atomic mass is 35.5. The van der Waals surface area contributed by atoms with Gasteiger partial charge in [0.1, 0.15) is 11.6 Å². The zero-order valence-electron chi connectivity index (χ0n) is 14.3. The molecule has 5 nitrogen and oxygen atoms in total. The molecule has 0 fully saturated rings. The molecule has 1 atom stereocenters. The first-order chi connectivity index (χ1) is 12.2. The summed E-state index contributed by atoms with van der Waals surface area (Å²) in [5, 5.41) is 12.4. The van der Waals surface area contributed by atoms with Gasteiger partial charge in [-0.05, 0) is 49.7 Å². The van der Waals surface area contributed by atoms with Crippen LogP contribution in [-0.4, -0.2) is 29.1 Å². The van der Waals surface area contributed by atoms with Crippen LogP contribution in [-0.2, 0) is 9.59 Å². The molecule has 138 valence electrons. The van der Waals surface area contributed by atoms with Crippen LogP contribution in [0.4, 0.5) is 4.39 Å². The number of aliphatic carboxylic acids is 1. The van der Waals surface area contributed by atoms with Gasteiger partial charge < -0.3 is 15.2 Å². The molecule has 2 aromatic carbocycles. The van der Waals surface area contributed by atoms with Gasteiger partial charge in [-0.3, -0.25) is 9.59 Å². The summed E-state index contributed by atoms with van der Waals surface area (Å²) in [6, 6.07) is 11.7. The molecule has 0 spiro atoms. The van der Waals surface area contributed by atoms with Crippen LogP contribution in [0, 0.1) is 5.82 Å². The lowest BCUT2D eigenvalue weighted by atomic mass is 9.98. The predicted molar refractivity (Wildman–Crippen MR) is 95.9 cm³/mol. The van der Waals surface area contributed by atoms with Gasteiger partial charge in [0, 0.05) is 11.6 Å². The summed E-state index contributed by atoms with van der Waals surface area (Å²) >= 11 is 5.90. The van der Waals surface area contributed by atoms with E-state index in [-0.39, 0.29) is 6.54 Å². The fraction of sp³-hybridized carbons (Fsp3) is 0.263. The minimum Gasteiger partial charge on any atom is -0.481 e. The van der Waals surface area contributed by atoms with E-state index in [2.05, 4.69) is 5.32 Å². The topological polar surface area (TPSA) is 75.6 Å². The zero-order valence-corrected chi connectivity index (χ0v) is 15.1. The average Bonchev–Trinajstić information content (AvgIpc) is 2.55. The summed E-state index contributed by atoms with van der Waals surface area (Å²) in [7, 11) is 0. The van der Waals surface area contributed by atoms with Crippen molar-refractivity contribution in [3.05, 3.63) is 64.9 Å². The van der Waals surface area contributed by atoms with E-state index in [1.807, 2.05) is 0 Å². The third-order valence-electron chi connectivity index (χ3n) is 3.75. The number of carbonyl (C=O) groups excluding carboxylic acids is 1. The Morgan fingerprint density at radius 3 is 2.46 bits per heavy atom. The third kappa shape index (κ3) is 5.20. The van der Waals surface area contributed by atoms with Gasteiger partial charge in [-0.15, -0.1) is 0 Å². The largest absolute Gasteiger partial charge is 0.481 e. The highest BCUT2D eigenvalue weighted by Crippen LogP contribution is 2.23. The summed E-state index contributed by atoms with van der Waals surface area (Å²) < 4.78 is 18.7. The maximum absolute atomic E-state index is 13.0. The molecule has 0 saturated heterocycles. The van der Waals surface area contributed by atoms with Crippen LogP contribution in [0.5, 0.6) is 5.75 Å². The van der Waals surface area contributed by atoms with Crippen molar-refractivity contribution in [3.63, 3.8) is 0 Å². The molecule has 0 saturated carbocycles. The first kappa shape index (κ1) is 19.7. The minimum absolute atomic E-state index is 0.151. The molecule has 0 aliphatic heterocycles. The molecular weight excluding hydrogens is 361 g/mol. The second-order valence-corrected chi connectivity index (χ2v) is 6.66. The van der Waals surface area contributed by atoms with Gasteiger partial charge in [0.15, 0.2) is 5.60 Å². The normalized spacial score (nSPS) is 12.3. The average molecular weight is 380 g/mol. The number of carboxylic acids is 1. The van der Waals surface area contributed by atoms with Gasteiger partial charge in [0.25, 0.3) is 5.91 Å². The van der Waals surface area contributed by atoms with E-state index < -0.39 is 29.2 Å². The first-order valence-corrected chi connectivity index (χ1v) is 8.28. The molecule has 7 heteroatoms. The molecule has 1 amide bonds. The van der Waals surface area contributed by atoms with Gasteiger partial charge >= 0.3 is 5.97 Å². The summed E-state index contributed by atoms with van der Waals surface area (Å²) in [6.45, 7) is 2.98. The maximum Gasteiger partial charge on any atom is 0.312 e. The Balaban J connectivity index is 2.04. The van der Waals surface area contributed by atoms with Crippen molar-refractivity contribution in [3.8, 4) is 5.75 Å². The first-order valence-electron chi connectivity index (χ1n) is 7.90. The molecule has 2 rings (SSSR count). The highest BCUT2D eigenvalue weighted by Gasteiger charge is 2.31. The SMILES string of the molecule is CC(C)(Oc1cccc(Cl)c1)C(=O)NCC(C(=O)O)c1ccc(F)cc1. The van der Waals surface area contributed by atoms with Gasteiger partial charge in [0.2, 0.25) is 0 Å². The number of benzene rings is 2. The maximum atomic E-state index is 13.0. The van der Waals surface area contributed by atoms with E-state index >= 15 is 0 Å². The van der Waals surface area contributed by atoms with Gasteiger partial charge in [-0.25, -0.2) is 4.39 Å². The van der Waals surface area contributed by atoms with E-state index in [0.717, 1.165) is 0 Å². The number of carboxylic acid groups (broad SMARTS) is 1. The van der Waals surface area contributed by atoms with Crippen molar-refractivity contribution >= 4 is 23.5 Å². The van der Waals surface area contributed by atoms with E-state index in [9.17, 15) is 19.1 Å². The molecule has 26 heavy (non-hydrogen) atoms. The monoisotopic (exact) mass is 379 g/mol. The van der Waals surface area contributed by atoms with Crippen LogP contribution < -0.4 is 10.1 Å². The Bertz CT molecular complexity index is 792. The highest BCUT2D eigenvalue weighted by molar-refractivity contribution is 6.30. The van der Waals surface area contributed by atoms with Crippen molar-refractivity contribution in [2.24, 2.45) is 0 Å². The minimum atomic E-state index is -1.24. The summed E-state index contributed by atoms with van der Waals surface area (Å²) in [5.74, 6) is -2.64. The number of ether oxygens (including phenoxy) is 1. The summed E-state index contributed by atoms with van der Waals surface area (Å²) in [6.07, 6.45) is 0. The number of amides is 1. The van der Waals surface area contributed by atoms with Gasteiger partial charge in [-0.2, -0.15) is 0 Å². The fourth-order valence-electron chi connectivity index (χ4n) is 2.32. The smallest absolute Gasteiger partial charge is 0.312 e. The van der Waals surface area contributed by atoms with E-state index in [1.54, 1.807) is 38.1 Å². The third-order valence-corrected chi connectivity index (χ3v) is 3.99. The Morgan fingerprint density at radius 2 is 1.88 bits per heavy atom. The van der Waals surface area contributed by atoms with Crippen LogP contribution in [0.15, 0.2) is 48.5 Å². The lowest BCUT2D eigenvalue weighted by Crippen LogP contribution is -2.48. The van der Waals surface area contributed by atoms with Crippen molar-refractivity contribution in [1.82, 2.24) is 5.32 Å². The van der Waals surface area contributed by atoms with Crippen LogP contribution in [0.25, 0.3) is 0 Å². The molecule has 1 unspecified atom stereocenters. The molecule has 0 bridgehead atoms. The summed E-state index contributed by atoms with van der Waals surface area (Å²) in [5.41, 5.74) is -0.843. The Morgan fingerprint density at radius 1 is 1.23 bits per heavy atom. The number of nitrogens with one attached hydrogen (secondary N) is 1. The van der Waals surface area contributed by atoms with E-state index in [4.69, 9.17) is 16.3 Å². The van der Waals surface area contributed by atoms with Crippen LogP contribution in [0.2, 0.25) is 5.02 Å². The molecular formula is C19H19ClFNO4. The standard InChI is InChI=1S/C19H19ClFNO4/c1-19(2,26-15-5-3-4-13(20)10-15)18(25)22-11-16(17(23)24)12-6-8-14(21)9-7-12/h3-10,16H,11H2,1-2H3,(H,22,25)(H,23,24). The second kappa shape index (κ2) is 8.19. The van der Waals surface area contributed by atoms with Crippen LogP contribution in [0.3, 0.4) is 0 Å². The van der Waals surface area contributed by atoms with Crippen LogP contribution >= 0.6 is 11.6 Å². The number of hydrogen-bond acceptors (Lipinski definition) is 3. The van der Waals surface area contributed by atoms with Crippen molar-refractivity contribution < 1.29 is 23.8 Å². The molecule has 0 aliphatic carbocycles.